The van der Waals surface area contributed by atoms with Crippen LogP contribution in [-0.4, -0.2) is 23.8 Å². The normalized spacial score (nSPS) is 15.6. The highest BCUT2D eigenvalue weighted by Crippen LogP contribution is 2.23. The van der Waals surface area contributed by atoms with E-state index in [0.29, 0.717) is 17.1 Å². The first-order chi connectivity index (χ1) is 10.7. The lowest BCUT2D eigenvalue weighted by Crippen LogP contribution is -2.24. The van der Waals surface area contributed by atoms with E-state index in [2.05, 4.69) is 15.3 Å². The Morgan fingerprint density at radius 3 is 2.73 bits per heavy atom. The molecule has 0 fully saturated rings. The number of rotatable bonds is 3. The van der Waals surface area contributed by atoms with E-state index in [1.54, 1.807) is 24.5 Å². The van der Waals surface area contributed by atoms with Crippen LogP contribution in [0.25, 0.3) is 6.08 Å². The zero-order valence-corrected chi connectivity index (χ0v) is 11.7. The Morgan fingerprint density at radius 1 is 1.23 bits per heavy atom. The summed E-state index contributed by atoms with van der Waals surface area (Å²) >= 11 is 0. The number of ether oxygens (including phenoxy) is 1. The fourth-order valence-corrected chi connectivity index (χ4v) is 2.08. The zero-order valence-electron chi connectivity index (χ0n) is 11.7. The summed E-state index contributed by atoms with van der Waals surface area (Å²) in [6.45, 7) is 0. The molecule has 0 atom stereocenters. The lowest BCUT2D eigenvalue weighted by molar-refractivity contribution is -0.115. The monoisotopic (exact) mass is 297 g/mol. The molecule has 110 valence electrons. The first-order valence-electron chi connectivity index (χ1n) is 6.53. The summed E-state index contributed by atoms with van der Waals surface area (Å²) in [6, 6.07) is 7.57. The third kappa shape index (κ3) is 2.71. The number of aromatic nitrogens is 1. The fraction of sp³-hybridized carbons (Fsp3) is 0.0625. The van der Waals surface area contributed by atoms with Gasteiger partial charge in [0.2, 0.25) is 0 Å². The van der Waals surface area contributed by atoms with Crippen LogP contribution in [0.15, 0.2) is 53.4 Å². The van der Waals surface area contributed by atoms with Crippen molar-refractivity contribution in [1.82, 2.24) is 10.3 Å². The highest BCUT2D eigenvalue weighted by Gasteiger charge is 2.21. The van der Waals surface area contributed by atoms with Crippen molar-refractivity contribution in [2.24, 2.45) is 4.99 Å². The van der Waals surface area contributed by atoms with Crippen molar-refractivity contribution in [2.75, 3.05) is 7.11 Å². The number of amides is 1. The van der Waals surface area contributed by atoms with Gasteiger partial charge in [0, 0.05) is 23.5 Å². The number of carbonyl (C=O) groups excluding carboxylic acids is 1. The summed E-state index contributed by atoms with van der Waals surface area (Å²) in [5, 5.41) is 2.67. The number of nitrogens with zero attached hydrogens (tertiary/aromatic N) is 2. The lowest BCUT2D eigenvalue weighted by atomic mass is 10.1. The molecule has 2 heterocycles. The van der Waals surface area contributed by atoms with Crippen LogP contribution in [0.3, 0.4) is 0 Å². The van der Waals surface area contributed by atoms with E-state index in [0.717, 1.165) is 5.56 Å². The van der Waals surface area contributed by atoms with Gasteiger partial charge < -0.3 is 10.1 Å². The van der Waals surface area contributed by atoms with Gasteiger partial charge in [-0.15, -0.1) is 0 Å². The van der Waals surface area contributed by atoms with Crippen LogP contribution in [0.4, 0.5) is 4.39 Å². The van der Waals surface area contributed by atoms with Crippen LogP contribution in [0.5, 0.6) is 5.75 Å². The Morgan fingerprint density at radius 2 is 2.00 bits per heavy atom. The molecule has 6 heteroatoms. The number of methoxy groups -OCH3 is 1. The van der Waals surface area contributed by atoms with Crippen LogP contribution in [0, 0.1) is 5.82 Å². The minimum Gasteiger partial charge on any atom is -0.496 e. The van der Waals surface area contributed by atoms with E-state index < -0.39 is 5.82 Å². The molecule has 5 nitrogen and oxygen atoms in total. The SMILES string of the molecule is COc1ccc(F)cc1/C=C1/N=C(c2ccncc2)NC1=O. The molecule has 1 aromatic heterocycles. The van der Waals surface area contributed by atoms with E-state index in [1.165, 1.54) is 31.4 Å². The van der Waals surface area contributed by atoms with Gasteiger partial charge in [-0.1, -0.05) is 0 Å². The molecule has 0 saturated carbocycles. The molecule has 0 bridgehead atoms. The minimum atomic E-state index is -0.413. The quantitative estimate of drug-likeness (QED) is 0.883. The maximum atomic E-state index is 13.4. The topological polar surface area (TPSA) is 63.6 Å². The molecule has 1 N–H and O–H groups in total. The van der Waals surface area contributed by atoms with Gasteiger partial charge in [-0.3, -0.25) is 9.78 Å². The molecule has 1 amide bonds. The van der Waals surface area contributed by atoms with Crippen molar-refractivity contribution in [3.05, 3.63) is 65.4 Å². The van der Waals surface area contributed by atoms with Crippen LogP contribution >= 0.6 is 0 Å². The maximum Gasteiger partial charge on any atom is 0.275 e. The van der Waals surface area contributed by atoms with Crippen molar-refractivity contribution >= 4 is 17.8 Å². The molecule has 22 heavy (non-hydrogen) atoms. The smallest absolute Gasteiger partial charge is 0.275 e. The molecule has 0 saturated heterocycles. The third-order valence-corrected chi connectivity index (χ3v) is 3.13. The van der Waals surface area contributed by atoms with Gasteiger partial charge in [-0.2, -0.15) is 0 Å². The number of nitrogens with one attached hydrogen (secondary N) is 1. The van der Waals surface area contributed by atoms with Crippen LogP contribution in [0.2, 0.25) is 0 Å². The average Bonchev–Trinajstić information content (AvgIpc) is 2.90. The second-order valence-electron chi connectivity index (χ2n) is 4.57. The Bertz CT molecular complexity index is 785. The molecule has 0 unspecified atom stereocenters. The average molecular weight is 297 g/mol. The Balaban J connectivity index is 2.00. The predicted octanol–water partition coefficient (Wildman–Crippen LogP) is 2.15. The van der Waals surface area contributed by atoms with Crippen molar-refractivity contribution < 1.29 is 13.9 Å². The summed E-state index contributed by atoms with van der Waals surface area (Å²) in [6.07, 6.45) is 4.72. The van der Waals surface area contributed by atoms with Crippen LogP contribution in [0.1, 0.15) is 11.1 Å². The summed E-state index contributed by atoms with van der Waals surface area (Å²) in [5.41, 5.74) is 1.39. The van der Waals surface area contributed by atoms with Gasteiger partial charge in [0.15, 0.2) is 0 Å². The van der Waals surface area contributed by atoms with Crippen molar-refractivity contribution in [3.63, 3.8) is 0 Å². The second kappa shape index (κ2) is 5.77. The maximum absolute atomic E-state index is 13.4. The molecule has 1 aromatic carbocycles. The second-order valence-corrected chi connectivity index (χ2v) is 4.57. The molecule has 2 aromatic rings. The van der Waals surface area contributed by atoms with E-state index in [1.807, 2.05) is 0 Å². The molecule has 0 spiro atoms. The third-order valence-electron chi connectivity index (χ3n) is 3.13. The minimum absolute atomic E-state index is 0.190. The number of pyridine rings is 1. The van der Waals surface area contributed by atoms with Gasteiger partial charge in [-0.05, 0) is 36.4 Å². The fourth-order valence-electron chi connectivity index (χ4n) is 2.08. The standard InChI is InChI=1S/C16H12FN3O2/c1-22-14-3-2-12(17)8-11(14)9-13-16(21)20-15(19-13)10-4-6-18-7-5-10/h2-9H,1H3,(H,19,20,21)/b13-9+. The van der Waals surface area contributed by atoms with Gasteiger partial charge >= 0.3 is 0 Å². The number of amidine groups is 1. The summed E-state index contributed by atoms with van der Waals surface area (Å²) in [5.74, 6) is 0.144. The van der Waals surface area contributed by atoms with E-state index in [4.69, 9.17) is 4.74 Å². The summed E-state index contributed by atoms with van der Waals surface area (Å²) < 4.78 is 18.5. The van der Waals surface area contributed by atoms with Crippen molar-refractivity contribution in [2.45, 2.75) is 0 Å². The molecule has 1 aliphatic rings. The molecule has 0 aliphatic carbocycles. The van der Waals surface area contributed by atoms with Gasteiger partial charge in [0.25, 0.3) is 5.91 Å². The number of halogens is 1. The van der Waals surface area contributed by atoms with E-state index >= 15 is 0 Å². The Hall–Kier alpha value is -3.02. The first kappa shape index (κ1) is 13.9. The van der Waals surface area contributed by atoms with Gasteiger partial charge in [0.1, 0.15) is 23.1 Å². The highest BCUT2D eigenvalue weighted by atomic mass is 19.1. The highest BCUT2D eigenvalue weighted by molar-refractivity contribution is 6.19. The predicted molar refractivity (Wildman–Crippen MR) is 79.8 cm³/mol. The zero-order chi connectivity index (χ0) is 15.5. The van der Waals surface area contributed by atoms with Gasteiger partial charge in [-0.25, -0.2) is 9.38 Å². The van der Waals surface area contributed by atoms with E-state index in [9.17, 15) is 9.18 Å². The summed E-state index contributed by atoms with van der Waals surface area (Å²) in [7, 11) is 1.48. The molecular formula is C16H12FN3O2. The van der Waals surface area contributed by atoms with E-state index in [-0.39, 0.29) is 11.6 Å². The van der Waals surface area contributed by atoms with Crippen molar-refractivity contribution in [1.29, 1.82) is 0 Å². The molecular weight excluding hydrogens is 285 g/mol. The van der Waals surface area contributed by atoms with Gasteiger partial charge in [0.05, 0.1) is 7.11 Å². The first-order valence-corrected chi connectivity index (χ1v) is 6.53. The molecule has 3 rings (SSSR count). The Kier molecular flexibility index (Phi) is 3.65. The molecule has 0 radical (unpaired) electrons. The largest absolute Gasteiger partial charge is 0.496 e. The van der Waals surface area contributed by atoms with Crippen LogP contribution < -0.4 is 10.1 Å². The van der Waals surface area contributed by atoms with Crippen molar-refractivity contribution in [3.8, 4) is 5.75 Å². The summed E-state index contributed by atoms with van der Waals surface area (Å²) in [4.78, 5) is 20.2. The number of benzene rings is 1. The number of hydrogen-bond donors (Lipinski definition) is 1. The lowest BCUT2D eigenvalue weighted by Gasteiger charge is -2.04. The number of hydrogen-bond acceptors (Lipinski definition) is 4. The number of aliphatic imine (C=N–C) groups is 1. The number of carbonyl (C=O) groups is 1. The Labute approximate surface area is 126 Å². The van der Waals surface area contributed by atoms with Crippen LogP contribution in [-0.2, 0) is 4.79 Å². The molecule has 1 aliphatic heterocycles.